The van der Waals surface area contributed by atoms with E-state index in [9.17, 15) is 9.30 Å². The molecule has 4 atom stereocenters. The van der Waals surface area contributed by atoms with Crippen LogP contribution in [0.25, 0.3) is 0 Å². The maximum Gasteiger partial charge on any atom is 0.0992 e. The van der Waals surface area contributed by atoms with Gasteiger partial charge in [0.2, 0.25) is 0 Å². The minimum absolute atomic E-state index is 0.0294. The van der Waals surface area contributed by atoms with Crippen LogP contribution in [-0.4, -0.2) is 19.9 Å². The lowest BCUT2D eigenvalue weighted by Crippen LogP contribution is -2.45. The highest BCUT2D eigenvalue weighted by molar-refractivity contribution is 4.76. The van der Waals surface area contributed by atoms with E-state index in [1.54, 1.807) is 7.05 Å². The van der Waals surface area contributed by atoms with Gasteiger partial charge >= 0.3 is 0 Å². The van der Waals surface area contributed by atoms with Crippen molar-refractivity contribution < 1.29 is 4.39 Å². The van der Waals surface area contributed by atoms with Gasteiger partial charge in [-0.25, -0.2) is 0 Å². The van der Waals surface area contributed by atoms with Gasteiger partial charge in [0.25, 0.3) is 0 Å². The summed E-state index contributed by atoms with van der Waals surface area (Å²) < 4.78 is 13.0. The SMILES string of the molecule is CC[C@@H](C)C[C@@H](CF)[C@H](C)C(NC)NN=O. The molecule has 0 fully saturated rings. The van der Waals surface area contributed by atoms with Gasteiger partial charge in [0.1, 0.15) is 0 Å². The molecule has 0 aliphatic carbocycles. The first-order valence-corrected chi connectivity index (χ1v) is 5.91. The van der Waals surface area contributed by atoms with Crippen LogP contribution in [0, 0.1) is 22.7 Å². The Hall–Kier alpha value is -0.710. The van der Waals surface area contributed by atoms with E-state index in [2.05, 4.69) is 29.9 Å². The van der Waals surface area contributed by atoms with Crippen molar-refractivity contribution in [2.45, 2.75) is 39.8 Å². The molecule has 0 bridgehead atoms. The van der Waals surface area contributed by atoms with Gasteiger partial charge in [0.15, 0.2) is 0 Å². The number of alkyl halides is 1. The Morgan fingerprint density at radius 2 is 2.00 bits per heavy atom. The molecule has 0 heterocycles. The second-order valence-electron chi connectivity index (χ2n) is 4.51. The Kier molecular flexibility index (Phi) is 8.07. The highest BCUT2D eigenvalue weighted by Gasteiger charge is 2.26. The minimum atomic E-state index is -0.357. The van der Waals surface area contributed by atoms with Crippen molar-refractivity contribution in [3.8, 4) is 0 Å². The Morgan fingerprint density at radius 1 is 1.38 bits per heavy atom. The molecule has 96 valence electrons. The van der Waals surface area contributed by atoms with Gasteiger partial charge in [0, 0.05) is 0 Å². The first kappa shape index (κ1) is 15.3. The molecule has 0 aromatic rings. The standard InChI is InChI=1S/C11H24FN3O/c1-5-8(2)6-10(7-12)9(3)11(13-4)14-15-16/h8-11,13H,5-7H2,1-4H3,(H,14,16)/t8-,9+,10+,11?/m1/s1. The van der Waals surface area contributed by atoms with Crippen molar-refractivity contribution >= 4 is 0 Å². The summed E-state index contributed by atoms with van der Waals surface area (Å²) in [5.74, 6) is 0.494. The van der Waals surface area contributed by atoms with Crippen molar-refractivity contribution in [3.05, 3.63) is 4.91 Å². The molecule has 0 amide bonds. The van der Waals surface area contributed by atoms with E-state index in [-0.39, 0.29) is 24.7 Å². The fourth-order valence-corrected chi connectivity index (χ4v) is 1.88. The summed E-state index contributed by atoms with van der Waals surface area (Å²) in [6, 6.07) is 0. The van der Waals surface area contributed by atoms with Crippen molar-refractivity contribution in [2.75, 3.05) is 13.7 Å². The number of halogens is 1. The van der Waals surface area contributed by atoms with Crippen LogP contribution in [-0.2, 0) is 0 Å². The summed E-state index contributed by atoms with van der Waals surface area (Å²) in [6.45, 7) is 5.80. The molecule has 0 aliphatic rings. The predicted octanol–water partition coefficient (Wildman–Crippen LogP) is 2.46. The van der Waals surface area contributed by atoms with Gasteiger partial charge in [-0.15, -0.1) is 4.91 Å². The van der Waals surface area contributed by atoms with Crippen LogP contribution in [0.1, 0.15) is 33.6 Å². The lowest BCUT2D eigenvalue weighted by molar-refractivity contribution is 0.175. The Morgan fingerprint density at radius 3 is 2.38 bits per heavy atom. The van der Waals surface area contributed by atoms with Crippen molar-refractivity contribution in [2.24, 2.45) is 23.0 Å². The zero-order valence-corrected chi connectivity index (χ0v) is 10.7. The molecule has 0 radical (unpaired) electrons. The Balaban J connectivity index is 4.36. The molecule has 0 spiro atoms. The molecule has 4 nitrogen and oxygen atoms in total. The van der Waals surface area contributed by atoms with Crippen LogP contribution in [0.4, 0.5) is 4.39 Å². The van der Waals surface area contributed by atoms with Crippen LogP contribution in [0.3, 0.4) is 0 Å². The average Bonchev–Trinajstić information content (AvgIpc) is 2.31. The van der Waals surface area contributed by atoms with Crippen LogP contribution in [0.15, 0.2) is 5.29 Å². The second kappa shape index (κ2) is 8.44. The fraction of sp³-hybridized carbons (Fsp3) is 1.00. The maximum atomic E-state index is 13.0. The van der Waals surface area contributed by atoms with Crippen LogP contribution in [0.2, 0.25) is 0 Å². The first-order chi connectivity index (χ1) is 7.60. The molecule has 0 aromatic heterocycles. The largest absolute Gasteiger partial charge is 0.299 e. The lowest BCUT2D eigenvalue weighted by Gasteiger charge is -2.29. The van der Waals surface area contributed by atoms with E-state index in [0.29, 0.717) is 5.92 Å². The molecule has 0 aliphatic heterocycles. The predicted molar refractivity (Wildman–Crippen MR) is 64.5 cm³/mol. The maximum absolute atomic E-state index is 13.0. The van der Waals surface area contributed by atoms with Gasteiger partial charge in [-0.1, -0.05) is 27.2 Å². The van der Waals surface area contributed by atoms with Crippen LogP contribution in [0.5, 0.6) is 0 Å². The summed E-state index contributed by atoms with van der Waals surface area (Å²) in [4.78, 5) is 10.2. The lowest BCUT2D eigenvalue weighted by atomic mass is 9.84. The monoisotopic (exact) mass is 233 g/mol. The summed E-state index contributed by atoms with van der Waals surface area (Å²) in [5, 5.41) is 5.60. The normalized spacial score (nSPS) is 18.6. The number of nitrogens with one attached hydrogen (secondary N) is 2. The quantitative estimate of drug-likeness (QED) is 0.365. The molecule has 2 N–H and O–H groups in total. The molecule has 1 unspecified atom stereocenters. The summed E-state index contributed by atoms with van der Waals surface area (Å²) in [6.07, 6.45) is 1.63. The summed E-state index contributed by atoms with van der Waals surface area (Å²) in [7, 11) is 1.73. The van der Waals surface area contributed by atoms with E-state index >= 15 is 0 Å². The van der Waals surface area contributed by atoms with E-state index in [1.807, 2.05) is 6.92 Å². The molecule has 0 saturated carbocycles. The highest BCUT2D eigenvalue weighted by atomic mass is 19.1. The van der Waals surface area contributed by atoms with Gasteiger partial charge in [-0.05, 0) is 31.2 Å². The molecule has 5 heteroatoms. The van der Waals surface area contributed by atoms with Gasteiger partial charge in [0.05, 0.1) is 18.1 Å². The fourth-order valence-electron chi connectivity index (χ4n) is 1.88. The van der Waals surface area contributed by atoms with Gasteiger partial charge in [-0.3, -0.25) is 15.1 Å². The van der Waals surface area contributed by atoms with Crippen molar-refractivity contribution in [1.82, 2.24) is 10.7 Å². The third-order valence-corrected chi connectivity index (χ3v) is 3.37. The first-order valence-electron chi connectivity index (χ1n) is 5.91. The molecule has 0 rings (SSSR count). The zero-order valence-electron chi connectivity index (χ0n) is 10.7. The van der Waals surface area contributed by atoms with Crippen LogP contribution >= 0.6 is 0 Å². The van der Waals surface area contributed by atoms with E-state index in [0.717, 1.165) is 12.8 Å². The third-order valence-electron chi connectivity index (χ3n) is 3.37. The van der Waals surface area contributed by atoms with Gasteiger partial charge in [-0.2, -0.15) is 0 Å². The molecular weight excluding hydrogens is 209 g/mol. The number of hydrogen-bond acceptors (Lipinski definition) is 3. The number of nitroso groups, excluding NO2 is 1. The van der Waals surface area contributed by atoms with E-state index < -0.39 is 0 Å². The number of hydrogen-bond donors (Lipinski definition) is 2. The Bertz CT molecular complexity index is 192. The zero-order chi connectivity index (χ0) is 12.6. The Labute approximate surface area is 97.3 Å². The van der Waals surface area contributed by atoms with Crippen LogP contribution < -0.4 is 10.7 Å². The second-order valence-corrected chi connectivity index (χ2v) is 4.51. The summed E-state index contributed by atoms with van der Waals surface area (Å²) in [5.41, 5.74) is 2.43. The van der Waals surface area contributed by atoms with Crippen molar-refractivity contribution in [3.63, 3.8) is 0 Å². The number of rotatable bonds is 9. The van der Waals surface area contributed by atoms with E-state index in [1.165, 1.54) is 0 Å². The topological polar surface area (TPSA) is 53.5 Å². The highest BCUT2D eigenvalue weighted by Crippen LogP contribution is 2.24. The van der Waals surface area contributed by atoms with E-state index in [4.69, 9.17) is 0 Å². The smallest absolute Gasteiger partial charge is 0.0992 e. The number of nitrogens with zero attached hydrogens (tertiary/aromatic N) is 1. The molecular formula is C11H24FN3O. The minimum Gasteiger partial charge on any atom is -0.299 e. The molecule has 0 saturated heterocycles. The third kappa shape index (κ3) is 4.88. The van der Waals surface area contributed by atoms with Crippen molar-refractivity contribution in [1.29, 1.82) is 0 Å². The molecule has 0 aromatic carbocycles. The molecule has 16 heavy (non-hydrogen) atoms. The van der Waals surface area contributed by atoms with Gasteiger partial charge < -0.3 is 0 Å². The summed E-state index contributed by atoms with van der Waals surface area (Å²) >= 11 is 0. The average molecular weight is 233 g/mol.